The van der Waals surface area contributed by atoms with Gasteiger partial charge >= 0.3 is 0 Å². The molecule has 1 aromatic heterocycles. The summed E-state index contributed by atoms with van der Waals surface area (Å²) >= 11 is 0. The molecule has 3 aromatic rings. The van der Waals surface area contributed by atoms with E-state index in [0.29, 0.717) is 29.3 Å². The summed E-state index contributed by atoms with van der Waals surface area (Å²) in [6, 6.07) is 20.5. The van der Waals surface area contributed by atoms with Crippen molar-refractivity contribution in [3.63, 3.8) is 0 Å². The van der Waals surface area contributed by atoms with Gasteiger partial charge in [-0.1, -0.05) is 18.2 Å². The van der Waals surface area contributed by atoms with Crippen LogP contribution in [0, 0.1) is 18.3 Å². The Bertz CT molecular complexity index is 1180. The molecule has 0 saturated heterocycles. The van der Waals surface area contributed by atoms with Gasteiger partial charge in [0.1, 0.15) is 18.1 Å². The first kappa shape index (κ1) is 20.4. The van der Waals surface area contributed by atoms with Gasteiger partial charge in [-0.3, -0.25) is 9.78 Å². The Kier molecular flexibility index (Phi) is 5.31. The summed E-state index contributed by atoms with van der Waals surface area (Å²) in [5.74, 6) is 1.14. The van der Waals surface area contributed by atoms with Crippen molar-refractivity contribution in [1.29, 1.82) is 5.26 Å². The van der Waals surface area contributed by atoms with Gasteiger partial charge in [0.25, 0.3) is 0 Å². The topological polar surface area (TPSA) is 72.2 Å². The number of pyridine rings is 1. The Morgan fingerprint density at radius 1 is 1.00 bits per heavy atom. The lowest BCUT2D eigenvalue weighted by molar-refractivity contribution is -0.125. The minimum Gasteiger partial charge on any atom is -0.487 e. The quantitative estimate of drug-likeness (QED) is 0.586. The van der Waals surface area contributed by atoms with E-state index in [4.69, 9.17) is 14.7 Å². The van der Waals surface area contributed by atoms with E-state index in [9.17, 15) is 4.79 Å². The molecule has 4 rings (SSSR count). The number of aryl methyl sites for hydroxylation is 1. The van der Waals surface area contributed by atoms with Crippen LogP contribution in [0.4, 0.5) is 0 Å². The average Bonchev–Trinajstić information content (AvgIpc) is 3.03. The summed E-state index contributed by atoms with van der Waals surface area (Å²) in [5.41, 5.74) is 3.60. The Morgan fingerprint density at radius 3 is 2.29 bits per heavy atom. The third-order valence-corrected chi connectivity index (χ3v) is 5.14. The lowest BCUT2D eigenvalue weighted by Crippen LogP contribution is -2.29. The van der Waals surface area contributed by atoms with Crippen molar-refractivity contribution in [3.8, 4) is 11.8 Å². The van der Waals surface area contributed by atoms with Crippen molar-refractivity contribution in [2.75, 3.05) is 0 Å². The van der Waals surface area contributed by atoms with Crippen molar-refractivity contribution in [3.05, 3.63) is 94.8 Å². The van der Waals surface area contributed by atoms with Crippen LogP contribution in [-0.4, -0.2) is 16.4 Å². The van der Waals surface area contributed by atoms with Crippen LogP contribution in [0.3, 0.4) is 0 Å². The molecule has 0 atom stereocenters. The molecule has 2 aromatic carbocycles. The van der Waals surface area contributed by atoms with E-state index in [-0.39, 0.29) is 5.78 Å². The number of nitrogens with zero attached hydrogens (tertiary/aromatic N) is 2. The first-order chi connectivity index (χ1) is 14.9. The van der Waals surface area contributed by atoms with Crippen molar-refractivity contribution >= 4 is 17.1 Å². The number of benzene rings is 2. The lowest BCUT2D eigenvalue weighted by Gasteiger charge is -2.17. The van der Waals surface area contributed by atoms with Crippen LogP contribution in [0.1, 0.15) is 41.8 Å². The Balaban J connectivity index is 1.61. The van der Waals surface area contributed by atoms with Crippen molar-refractivity contribution in [2.24, 2.45) is 0 Å². The highest BCUT2D eigenvalue weighted by atomic mass is 16.5. The summed E-state index contributed by atoms with van der Waals surface area (Å²) in [4.78, 5) is 17.4. The summed E-state index contributed by atoms with van der Waals surface area (Å²) < 4.78 is 11.9. The number of carbonyl (C=O) groups excluding carboxylic acids is 1. The second-order valence-electron chi connectivity index (χ2n) is 7.97. The Morgan fingerprint density at radius 2 is 1.68 bits per heavy atom. The lowest BCUT2D eigenvalue weighted by atomic mass is 9.92. The van der Waals surface area contributed by atoms with Gasteiger partial charge in [-0.25, -0.2) is 0 Å². The SMILES string of the molecule is Cc1ccc(COc2ccc(C3=C(c4ccc(C#N)cc4)OC(C)(C)C3=O)cc2)nc1. The maximum Gasteiger partial charge on any atom is 0.210 e. The highest BCUT2D eigenvalue weighted by molar-refractivity contribution is 6.32. The highest BCUT2D eigenvalue weighted by Crippen LogP contribution is 2.41. The van der Waals surface area contributed by atoms with Gasteiger partial charge in [-0.05, 0) is 74.4 Å². The maximum absolute atomic E-state index is 13.1. The van der Waals surface area contributed by atoms with E-state index < -0.39 is 5.60 Å². The van der Waals surface area contributed by atoms with Gasteiger partial charge in [0.2, 0.25) is 5.78 Å². The predicted octanol–water partition coefficient (Wildman–Crippen LogP) is 5.09. The molecule has 5 nitrogen and oxygen atoms in total. The number of carbonyl (C=O) groups is 1. The van der Waals surface area contributed by atoms with E-state index in [0.717, 1.165) is 22.4 Å². The maximum atomic E-state index is 13.1. The van der Waals surface area contributed by atoms with Crippen LogP contribution in [0.25, 0.3) is 11.3 Å². The fourth-order valence-corrected chi connectivity index (χ4v) is 3.38. The number of Topliss-reactive ketones (excluding diaryl/α,β-unsaturated/α-hetero) is 1. The fourth-order valence-electron chi connectivity index (χ4n) is 3.38. The molecule has 0 amide bonds. The molecule has 2 heterocycles. The second kappa shape index (κ2) is 8.08. The minimum absolute atomic E-state index is 0.0793. The van der Waals surface area contributed by atoms with Gasteiger partial charge in [-0.15, -0.1) is 0 Å². The first-order valence-electron chi connectivity index (χ1n) is 10.0. The van der Waals surface area contributed by atoms with Gasteiger partial charge in [0.15, 0.2) is 5.60 Å². The monoisotopic (exact) mass is 410 g/mol. The van der Waals surface area contributed by atoms with E-state index >= 15 is 0 Å². The number of aromatic nitrogens is 1. The third kappa shape index (κ3) is 4.19. The molecule has 0 bridgehead atoms. The zero-order valence-electron chi connectivity index (χ0n) is 17.7. The molecule has 31 heavy (non-hydrogen) atoms. The van der Waals surface area contributed by atoms with E-state index in [2.05, 4.69) is 11.1 Å². The molecule has 0 N–H and O–H groups in total. The normalized spacial score (nSPS) is 14.8. The molecule has 0 saturated carbocycles. The minimum atomic E-state index is -0.954. The summed E-state index contributed by atoms with van der Waals surface area (Å²) in [7, 11) is 0. The molecule has 0 spiro atoms. The Labute approximate surface area is 181 Å². The molecule has 5 heteroatoms. The number of rotatable bonds is 5. The molecule has 154 valence electrons. The molecule has 1 aliphatic rings. The van der Waals surface area contributed by atoms with E-state index in [1.165, 1.54) is 0 Å². The van der Waals surface area contributed by atoms with Crippen molar-refractivity contribution < 1.29 is 14.3 Å². The summed E-state index contributed by atoms with van der Waals surface area (Å²) in [6.07, 6.45) is 1.81. The van der Waals surface area contributed by atoms with Crippen LogP contribution in [0.5, 0.6) is 5.75 Å². The van der Waals surface area contributed by atoms with Crippen LogP contribution < -0.4 is 4.74 Å². The zero-order chi connectivity index (χ0) is 22.0. The highest BCUT2D eigenvalue weighted by Gasteiger charge is 2.42. The largest absolute Gasteiger partial charge is 0.487 e. The molecule has 0 unspecified atom stereocenters. The third-order valence-electron chi connectivity index (χ3n) is 5.14. The van der Waals surface area contributed by atoms with Crippen molar-refractivity contribution in [2.45, 2.75) is 33.0 Å². The van der Waals surface area contributed by atoms with E-state index in [1.54, 1.807) is 38.1 Å². The zero-order valence-corrected chi connectivity index (χ0v) is 17.7. The smallest absolute Gasteiger partial charge is 0.210 e. The standard InChI is InChI=1S/C26H22N2O3/c1-17-4-11-21(28-15-17)16-30-22-12-9-19(10-13-22)23-24(31-26(2,3)25(23)29)20-7-5-18(14-27)6-8-20/h4-13,15H,16H2,1-3H3. The van der Waals surface area contributed by atoms with Crippen LogP contribution >= 0.6 is 0 Å². The van der Waals surface area contributed by atoms with Gasteiger partial charge in [0, 0.05) is 11.8 Å². The van der Waals surface area contributed by atoms with Crippen LogP contribution in [0.2, 0.25) is 0 Å². The van der Waals surface area contributed by atoms with Crippen LogP contribution in [0.15, 0.2) is 66.9 Å². The fraction of sp³-hybridized carbons (Fsp3) is 0.192. The van der Waals surface area contributed by atoms with E-state index in [1.807, 2.05) is 49.5 Å². The number of ether oxygens (including phenoxy) is 2. The molecule has 1 aliphatic heterocycles. The number of hydrogen-bond donors (Lipinski definition) is 0. The average molecular weight is 410 g/mol. The molecular weight excluding hydrogens is 388 g/mol. The van der Waals surface area contributed by atoms with Crippen LogP contribution in [-0.2, 0) is 16.1 Å². The van der Waals surface area contributed by atoms with Gasteiger partial charge in [-0.2, -0.15) is 5.26 Å². The number of hydrogen-bond acceptors (Lipinski definition) is 5. The predicted molar refractivity (Wildman–Crippen MR) is 118 cm³/mol. The van der Waals surface area contributed by atoms with Gasteiger partial charge < -0.3 is 9.47 Å². The second-order valence-corrected chi connectivity index (χ2v) is 7.97. The first-order valence-corrected chi connectivity index (χ1v) is 10.0. The summed E-state index contributed by atoms with van der Waals surface area (Å²) in [5, 5.41) is 9.04. The molecule has 0 aliphatic carbocycles. The van der Waals surface area contributed by atoms with Crippen molar-refractivity contribution in [1.82, 2.24) is 4.98 Å². The van der Waals surface area contributed by atoms with Gasteiger partial charge in [0.05, 0.1) is 22.9 Å². The number of ketones is 1. The number of nitriles is 1. The molecule has 0 fully saturated rings. The molecule has 0 radical (unpaired) electrons. The Hall–Kier alpha value is -3.91. The molecular formula is C26H22N2O3. The summed E-state index contributed by atoms with van der Waals surface area (Å²) in [6.45, 7) is 5.89.